The zero-order valence-corrected chi connectivity index (χ0v) is 19.1. The number of aryl methyl sites for hydroxylation is 2. The average molecular weight is 460 g/mol. The molecule has 32 heavy (non-hydrogen) atoms. The van der Waals surface area contributed by atoms with Crippen molar-refractivity contribution in [2.75, 3.05) is 29.9 Å². The molecule has 0 saturated carbocycles. The van der Waals surface area contributed by atoms with Crippen molar-refractivity contribution < 1.29 is 27.2 Å². The summed E-state index contributed by atoms with van der Waals surface area (Å²) in [7, 11) is -2.27. The summed E-state index contributed by atoms with van der Waals surface area (Å²) in [5.74, 6) is 1.18. The summed E-state index contributed by atoms with van der Waals surface area (Å²) in [5, 5.41) is 6.47. The van der Waals surface area contributed by atoms with Gasteiger partial charge in [-0.1, -0.05) is 5.16 Å². The fraction of sp³-hybridized carbons (Fsp3) is 0.273. The Balaban J connectivity index is 1.62. The molecule has 0 saturated heterocycles. The molecular weight excluding hydrogens is 434 g/mol. The number of nitrogens with zero attached hydrogens (tertiary/aromatic N) is 2. The Hall–Kier alpha value is -3.53. The van der Waals surface area contributed by atoms with Crippen LogP contribution in [0.15, 0.2) is 57.9 Å². The minimum Gasteiger partial charge on any atom is -0.494 e. The van der Waals surface area contributed by atoms with E-state index < -0.39 is 10.0 Å². The van der Waals surface area contributed by atoms with Gasteiger partial charge in [0, 0.05) is 7.05 Å². The summed E-state index contributed by atoms with van der Waals surface area (Å²) in [4.78, 5) is 12.3. The molecule has 170 valence electrons. The normalized spacial score (nSPS) is 11.1. The molecule has 0 unspecified atom stereocenters. The first kappa shape index (κ1) is 23.1. The maximum Gasteiger partial charge on any atom is 0.264 e. The van der Waals surface area contributed by atoms with Crippen LogP contribution in [-0.2, 0) is 14.8 Å². The highest BCUT2D eigenvalue weighted by Gasteiger charge is 2.21. The maximum absolute atomic E-state index is 12.9. The summed E-state index contributed by atoms with van der Waals surface area (Å²) in [6.07, 6.45) is 0. The van der Waals surface area contributed by atoms with Gasteiger partial charge in [0.2, 0.25) is 0 Å². The lowest BCUT2D eigenvalue weighted by Gasteiger charge is -2.20. The lowest BCUT2D eigenvalue weighted by atomic mass is 10.3. The van der Waals surface area contributed by atoms with Crippen molar-refractivity contribution in [3.05, 3.63) is 60.0 Å². The number of amides is 1. The predicted molar refractivity (Wildman–Crippen MR) is 120 cm³/mol. The number of hydrogen-bond acceptors (Lipinski definition) is 7. The molecule has 0 atom stereocenters. The molecule has 3 rings (SSSR count). The van der Waals surface area contributed by atoms with E-state index >= 15 is 0 Å². The van der Waals surface area contributed by atoms with E-state index in [0.717, 1.165) is 0 Å². The molecule has 9 nitrogen and oxygen atoms in total. The van der Waals surface area contributed by atoms with Gasteiger partial charge in [0.05, 0.1) is 17.2 Å². The quantitative estimate of drug-likeness (QED) is 0.521. The Morgan fingerprint density at radius 3 is 2.19 bits per heavy atom. The zero-order chi connectivity index (χ0) is 23.3. The number of sulfonamides is 1. The molecule has 0 aliphatic heterocycles. The first-order chi connectivity index (χ1) is 15.2. The van der Waals surface area contributed by atoms with E-state index in [4.69, 9.17) is 14.0 Å². The summed E-state index contributed by atoms with van der Waals surface area (Å²) < 4.78 is 42.8. The monoisotopic (exact) mass is 459 g/mol. The third-order valence-electron chi connectivity index (χ3n) is 4.66. The van der Waals surface area contributed by atoms with Crippen LogP contribution in [0.4, 0.5) is 11.4 Å². The van der Waals surface area contributed by atoms with Crippen LogP contribution in [0.1, 0.15) is 18.4 Å². The van der Waals surface area contributed by atoms with Gasteiger partial charge in [0.1, 0.15) is 22.9 Å². The standard InChI is InChI=1S/C22H25N3O6S/c1-5-29-18-10-12-20(13-11-18)32(27,28)25(4)17-6-8-19(9-7-17)30-14-21(26)23-22-15(2)24-31-16(22)3/h6-13H,5,14H2,1-4H3,(H,23,26). The molecule has 10 heteroatoms. The van der Waals surface area contributed by atoms with E-state index in [2.05, 4.69) is 10.5 Å². The lowest BCUT2D eigenvalue weighted by Crippen LogP contribution is -2.26. The molecule has 1 amide bonds. The number of carbonyl (C=O) groups excluding carboxylic acids is 1. The second kappa shape index (κ2) is 9.73. The molecule has 3 aromatic rings. The van der Waals surface area contributed by atoms with Gasteiger partial charge in [-0.2, -0.15) is 0 Å². The van der Waals surface area contributed by atoms with Crippen molar-refractivity contribution in [2.24, 2.45) is 0 Å². The van der Waals surface area contributed by atoms with Gasteiger partial charge in [-0.3, -0.25) is 9.10 Å². The van der Waals surface area contributed by atoms with E-state index in [9.17, 15) is 13.2 Å². The van der Waals surface area contributed by atoms with Crippen LogP contribution in [0.25, 0.3) is 0 Å². The predicted octanol–water partition coefficient (Wildman–Crippen LogP) is 3.53. The summed E-state index contributed by atoms with van der Waals surface area (Å²) >= 11 is 0. The lowest BCUT2D eigenvalue weighted by molar-refractivity contribution is -0.118. The van der Waals surface area contributed by atoms with Crippen molar-refractivity contribution >= 4 is 27.3 Å². The van der Waals surface area contributed by atoms with Crippen LogP contribution in [0.3, 0.4) is 0 Å². The van der Waals surface area contributed by atoms with Crippen molar-refractivity contribution in [3.63, 3.8) is 0 Å². The van der Waals surface area contributed by atoms with Crippen LogP contribution in [0.2, 0.25) is 0 Å². The fourth-order valence-electron chi connectivity index (χ4n) is 2.91. The number of ether oxygens (including phenoxy) is 2. The Morgan fingerprint density at radius 1 is 1.03 bits per heavy atom. The molecule has 1 N–H and O–H groups in total. The van der Waals surface area contributed by atoms with E-state index in [-0.39, 0.29) is 17.4 Å². The first-order valence-corrected chi connectivity index (χ1v) is 11.3. The largest absolute Gasteiger partial charge is 0.494 e. The molecule has 0 bridgehead atoms. The van der Waals surface area contributed by atoms with Gasteiger partial charge < -0.3 is 19.3 Å². The number of rotatable bonds is 9. The summed E-state index contributed by atoms with van der Waals surface area (Å²) in [6.45, 7) is 5.57. The molecule has 0 spiro atoms. The number of aromatic nitrogens is 1. The minimum atomic E-state index is -3.74. The van der Waals surface area contributed by atoms with E-state index in [0.29, 0.717) is 40.9 Å². The first-order valence-electron chi connectivity index (χ1n) is 9.89. The van der Waals surface area contributed by atoms with Crippen molar-refractivity contribution in [3.8, 4) is 11.5 Å². The topological polar surface area (TPSA) is 111 Å². The van der Waals surface area contributed by atoms with Crippen molar-refractivity contribution in [1.82, 2.24) is 5.16 Å². The number of carbonyl (C=O) groups is 1. The van der Waals surface area contributed by atoms with Gasteiger partial charge in [0.25, 0.3) is 15.9 Å². The Morgan fingerprint density at radius 2 is 1.62 bits per heavy atom. The van der Waals surface area contributed by atoms with E-state index in [1.165, 1.54) is 23.5 Å². The van der Waals surface area contributed by atoms with Crippen molar-refractivity contribution in [2.45, 2.75) is 25.7 Å². The van der Waals surface area contributed by atoms with E-state index in [1.54, 1.807) is 50.2 Å². The highest BCUT2D eigenvalue weighted by Crippen LogP contribution is 2.26. The van der Waals surface area contributed by atoms with Crippen molar-refractivity contribution in [1.29, 1.82) is 0 Å². The van der Waals surface area contributed by atoms with Crippen LogP contribution in [0.5, 0.6) is 11.5 Å². The molecule has 2 aromatic carbocycles. The van der Waals surface area contributed by atoms with Crippen LogP contribution >= 0.6 is 0 Å². The van der Waals surface area contributed by atoms with Crippen LogP contribution in [0, 0.1) is 13.8 Å². The van der Waals surface area contributed by atoms with Gasteiger partial charge in [-0.05, 0) is 69.3 Å². The summed E-state index contributed by atoms with van der Waals surface area (Å²) in [5.41, 5.74) is 1.55. The molecule has 0 aliphatic rings. The van der Waals surface area contributed by atoms with Gasteiger partial charge >= 0.3 is 0 Å². The molecule has 0 fully saturated rings. The number of hydrogen-bond donors (Lipinski definition) is 1. The van der Waals surface area contributed by atoms with Crippen LogP contribution in [-0.4, -0.2) is 39.7 Å². The number of anilines is 2. The number of benzene rings is 2. The van der Waals surface area contributed by atoms with Crippen LogP contribution < -0.4 is 19.1 Å². The third kappa shape index (κ3) is 5.20. The average Bonchev–Trinajstić information content (AvgIpc) is 3.10. The number of nitrogens with one attached hydrogen (secondary N) is 1. The Labute approximate surface area is 187 Å². The third-order valence-corrected chi connectivity index (χ3v) is 6.46. The molecule has 0 aliphatic carbocycles. The highest BCUT2D eigenvalue weighted by molar-refractivity contribution is 7.92. The second-order valence-corrected chi connectivity index (χ2v) is 8.88. The summed E-state index contributed by atoms with van der Waals surface area (Å²) in [6, 6.07) is 12.7. The second-order valence-electron chi connectivity index (χ2n) is 6.91. The fourth-order valence-corrected chi connectivity index (χ4v) is 4.11. The Bertz CT molecular complexity index is 1150. The smallest absolute Gasteiger partial charge is 0.264 e. The van der Waals surface area contributed by atoms with Gasteiger partial charge in [-0.25, -0.2) is 8.42 Å². The zero-order valence-electron chi connectivity index (χ0n) is 18.3. The maximum atomic E-state index is 12.9. The van der Waals surface area contributed by atoms with E-state index in [1.807, 2.05) is 6.92 Å². The molecular formula is C22H25N3O6S. The van der Waals surface area contributed by atoms with Gasteiger partial charge in [0.15, 0.2) is 12.4 Å². The minimum absolute atomic E-state index is 0.153. The molecule has 1 heterocycles. The highest BCUT2D eigenvalue weighted by atomic mass is 32.2. The Kier molecular flexibility index (Phi) is 7.04. The van der Waals surface area contributed by atoms with Gasteiger partial charge in [-0.15, -0.1) is 0 Å². The SMILES string of the molecule is CCOc1ccc(S(=O)(=O)N(C)c2ccc(OCC(=O)Nc3c(C)noc3C)cc2)cc1. The molecule has 0 radical (unpaired) electrons. The molecule has 1 aromatic heterocycles.